The lowest BCUT2D eigenvalue weighted by Gasteiger charge is -2.17. The highest BCUT2D eigenvalue weighted by Gasteiger charge is 2.35. The van der Waals surface area contributed by atoms with E-state index in [0.717, 1.165) is 0 Å². The molecule has 2 aromatic carbocycles. The Labute approximate surface area is 180 Å². The summed E-state index contributed by atoms with van der Waals surface area (Å²) < 4.78 is 18.4. The average molecular weight is 427 g/mol. The normalized spacial score (nSPS) is 15.7. The summed E-state index contributed by atoms with van der Waals surface area (Å²) in [7, 11) is 0. The van der Waals surface area contributed by atoms with Crippen molar-refractivity contribution in [1.82, 2.24) is 5.32 Å². The molecule has 3 rings (SSSR count). The van der Waals surface area contributed by atoms with Gasteiger partial charge in [-0.25, -0.2) is 4.39 Å². The number of nitrogens with zero attached hydrogens (tertiary/aromatic N) is 1. The average Bonchev–Trinajstić information content (AvgIpc) is 3.16. The van der Waals surface area contributed by atoms with E-state index in [0.29, 0.717) is 43.1 Å². The maximum absolute atomic E-state index is 13.1. The molecule has 0 spiro atoms. The fourth-order valence-electron chi connectivity index (χ4n) is 3.39. The van der Waals surface area contributed by atoms with Crippen molar-refractivity contribution >= 4 is 29.1 Å². The van der Waals surface area contributed by atoms with Crippen LogP contribution in [-0.4, -0.2) is 44.0 Å². The summed E-state index contributed by atoms with van der Waals surface area (Å²) in [6.45, 7) is 3.77. The van der Waals surface area contributed by atoms with E-state index in [1.54, 1.807) is 24.3 Å². The Morgan fingerprint density at radius 1 is 1.16 bits per heavy atom. The third-order valence-corrected chi connectivity index (χ3v) is 5.02. The van der Waals surface area contributed by atoms with Gasteiger partial charge in [0.25, 0.3) is 5.91 Å². The Kier molecular flexibility index (Phi) is 7.72. The fraction of sp³-hybridized carbons (Fsp3) is 0.348. The van der Waals surface area contributed by atoms with Gasteiger partial charge < -0.3 is 20.3 Å². The van der Waals surface area contributed by atoms with Crippen molar-refractivity contribution in [1.29, 1.82) is 0 Å². The van der Waals surface area contributed by atoms with Gasteiger partial charge in [0.2, 0.25) is 11.8 Å². The van der Waals surface area contributed by atoms with Crippen molar-refractivity contribution in [2.45, 2.75) is 19.8 Å². The molecule has 0 aliphatic carbocycles. The number of hydrogen-bond acceptors (Lipinski definition) is 4. The van der Waals surface area contributed by atoms with Crippen molar-refractivity contribution in [3.05, 3.63) is 59.9 Å². The van der Waals surface area contributed by atoms with E-state index in [1.165, 1.54) is 29.2 Å². The Balaban J connectivity index is 1.61. The van der Waals surface area contributed by atoms with E-state index in [9.17, 15) is 18.8 Å². The second kappa shape index (κ2) is 10.7. The molecule has 1 fully saturated rings. The standard InChI is InChI=1S/C23H26FN3O4/c1-2-31-13-5-12-25-23(30)19-6-3-4-7-20(19)26-22(29)16-14-21(28)27(15-16)18-10-8-17(24)9-11-18/h3-4,6-11,16H,2,5,12-15H2,1H3,(H,25,30)(H,26,29). The number of anilines is 2. The summed E-state index contributed by atoms with van der Waals surface area (Å²) in [5.74, 6) is -1.79. The molecule has 1 atom stereocenters. The van der Waals surface area contributed by atoms with E-state index in [4.69, 9.17) is 4.74 Å². The lowest BCUT2D eigenvalue weighted by molar-refractivity contribution is -0.122. The summed E-state index contributed by atoms with van der Waals surface area (Å²) in [6, 6.07) is 12.3. The predicted molar refractivity (Wildman–Crippen MR) is 115 cm³/mol. The Morgan fingerprint density at radius 3 is 2.65 bits per heavy atom. The minimum atomic E-state index is -0.570. The van der Waals surface area contributed by atoms with Crippen LogP contribution in [-0.2, 0) is 14.3 Å². The van der Waals surface area contributed by atoms with E-state index in [-0.39, 0.29) is 30.7 Å². The second-order valence-electron chi connectivity index (χ2n) is 7.22. The summed E-state index contributed by atoms with van der Waals surface area (Å²) in [5, 5.41) is 5.60. The van der Waals surface area contributed by atoms with Gasteiger partial charge in [0.05, 0.1) is 17.2 Å². The first-order valence-corrected chi connectivity index (χ1v) is 10.3. The number of benzene rings is 2. The van der Waals surface area contributed by atoms with Crippen molar-refractivity contribution < 1.29 is 23.5 Å². The van der Waals surface area contributed by atoms with Crippen LogP contribution in [0, 0.1) is 11.7 Å². The molecule has 2 aromatic rings. The van der Waals surface area contributed by atoms with E-state index in [1.807, 2.05) is 6.92 Å². The largest absolute Gasteiger partial charge is 0.382 e. The van der Waals surface area contributed by atoms with E-state index in [2.05, 4.69) is 10.6 Å². The molecule has 0 saturated carbocycles. The number of rotatable bonds is 9. The molecular formula is C23H26FN3O4. The summed E-state index contributed by atoms with van der Waals surface area (Å²) in [6.07, 6.45) is 0.743. The summed E-state index contributed by atoms with van der Waals surface area (Å²) in [4.78, 5) is 39.2. The number of hydrogen-bond donors (Lipinski definition) is 2. The topological polar surface area (TPSA) is 87.7 Å². The van der Waals surface area contributed by atoms with Crippen LogP contribution >= 0.6 is 0 Å². The lowest BCUT2D eigenvalue weighted by Crippen LogP contribution is -2.30. The smallest absolute Gasteiger partial charge is 0.253 e. The Morgan fingerprint density at radius 2 is 1.90 bits per heavy atom. The molecule has 1 heterocycles. The molecular weight excluding hydrogens is 401 g/mol. The number of para-hydroxylation sites is 1. The van der Waals surface area contributed by atoms with Crippen LogP contribution in [0.4, 0.5) is 15.8 Å². The summed E-state index contributed by atoms with van der Waals surface area (Å²) in [5.41, 5.74) is 1.29. The predicted octanol–water partition coefficient (Wildman–Crippen LogP) is 2.97. The van der Waals surface area contributed by atoms with Gasteiger partial charge in [-0.1, -0.05) is 12.1 Å². The van der Waals surface area contributed by atoms with Crippen molar-refractivity contribution in [2.75, 3.05) is 36.5 Å². The molecule has 0 bridgehead atoms. The van der Waals surface area contributed by atoms with Gasteiger partial charge in [-0.2, -0.15) is 0 Å². The fourth-order valence-corrected chi connectivity index (χ4v) is 3.39. The molecule has 164 valence electrons. The highest BCUT2D eigenvalue weighted by molar-refractivity contribution is 6.07. The molecule has 1 aliphatic rings. The molecule has 1 aliphatic heterocycles. The van der Waals surface area contributed by atoms with Gasteiger partial charge in [-0.3, -0.25) is 14.4 Å². The number of halogens is 1. The minimum Gasteiger partial charge on any atom is -0.382 e. The number of ether oxygens (including phenoxy) is 1. The number of nitrogens with one attached hydrogen (secondary N) is 2. The highest BCUT2D eigenvalue weighted by atomic mass is 19.1. The monoisotopic (exact) mass is 427 g/mol. The van der Waals surface area contributed by atoms with Crippen LogP contribution in [0.1, 0.15) is 30.1 Å². The quantitative estimate of drug-likeness (QED) is 0.603. The van der Waals surface area contributed by atoms with Gasteiger partial charge in [-0.15, -0.1) is 0 Å². The molecule has 1 unspecified atom stereocenters. The van der Waals surface area contributed by atoms with Crippen molar-refractivity contribution in [3.63, 3.8) is 0 Å². The van der Waals surface area contributed by atoms with Crippen LogP contribution in [0.25, 0.3) is 0 Å². The lowest BCUT2D eigenvalue weighted by atomic mass is 10.1. The SMILES string of the molecule is CCOCCCNC(=O)c1ccccc1NC(=O)C1CC(=O)N(c2ccc(F)cc2)C1. The third-order valence-electron chi connectivity index (χ3n) is 5.02. The molecule has 0 radical (unpaired) electrons. The van der Waals surface area contributed by atoms with Gasteiger partial charge in [0, 0.05) is 38.4 Å². The molecule has 3 amide bonds. The van der Waals surface area contributed by atoms with Crippen LogP contribution in [0.15, 0.2) is 48.5 Å². The molecule has 0 aromatic heterocycles. The van der Waals surface area contributed by atoms with E-state index < -0.39 is 11.7 Å². The Bertz CT molecular complexity index is 933. The third kappa shape index (κ3) is 5.88. The number of carbonyl (C=O) groups is 3. The molecule has 2 N–H and O–H groups in total. The van der Waals surface area contributed by atoms with Crippen molar-refractivity contribution in [3.8, 4) is 0 Å². The van der Waals surface area contributed by atoms with Crippen LogP contribution in [0.2, 0.25) is 0 Å². The van der Waals surface area contributed by atoms with Gasteiger partial charge in [0.1, 0.15) is 5.82 Å². The van der Waals surface area contributed by atoms with Gasteiger partial charge in [0.15, 0.2) is 0 Å². The van der Waals surface area contributed by atoms with Crippen LogP contribution in [0.5, 0.6) is 0 Å². The maximum atomic E-state index is 13.1. The molecule has 7 nitrogen and oxygen atoms in total. The highest BCUT2D eigenvalue weighted by Crippen LogP contribution is 2.26. The minimum absolute atomic E-state index is 0.0506. The zero-order valence-corrected chi connectivity index (χ0v) is 17.4. The first kappa shape index (κ1) is 22.4. The van der Waals surface area contributed by atoms with Crippen molar-refractivity contribution in [2.24, 2.45) is 5.92 Å². The number of carbonyl (C=O) groups excluding carboxylic acids is 3. The van der Waals surface area contributed by atoms with Crippen LogP contribution < -0.4 is 15.5 Å². The second-order valence-corrected chi connectivity index (χ2v) is 7.22. The number of amides is 3. The van der Waals surface area contributed by atoms with Crippen LogP contribution in [0.3, 0.4) is 0 Å². The zero-order valence-electron chi connectivity index (χ0n) is 17.4. The first-order chi connectivity index (χ1) is 15.0. The zero-order chi connectivity index (χ0) is 22.2. The van der Waals surface area contributed by atoms with E-state index >= 15 is 0 Å². The maximum Gasteiger partial charge on any atom is 0.253 e. The molecule has 8 heteroatoms. The van der Waals surface area contributed by atoms with Gasteiger partial charge in [-0.05, 0) is 49.7 Å². The molecule has 31 heavy (non-hydrogen) atoms. The first-order valence-electron chi connectivity index (χ1n) is 10.3. The van der Waals surface area contributed by atoms with Gasteiger partial charge >= 0.3 is 0 Å². The molecule has 1 saturated heterocycles. The summed E-state index contributed by atoms with van der Waals surface area (Å²) >= 11 is 0. The Hall–Kier alpha value is -3.26.